The largest absolute Gasteiger partial charge is 0.507 e. The van der Waals surface area contributed by atoms with Crippen LogP contribution < -0.4 is 9.64 Å². The van der Waals surface area contributed by atoms with Crippen molar-refractivity contribution in [1.82, 2.24) is 0 Å². The lowest BCUT2D eigenvalue weighted by atomic mass is 9.95. The van der Waals surface area contributed by atoms with E-state index in [0.717, 1.165) is 0 Å². The second-order valence-corrected chi connectivity index (χ2v) is 8.71. The molecule has 1 saturated heterocycles. The van der Waals surface area contributed by atoms with Crippen LogP contribution in [0.15, 0.2) is 66.2 Å². The first-order valence-corrected chi connectivity index (χ1v) is 11.3. The Labute approximate surface area is 209 Å². The van der Waals surface area contributed by atoms with E-state index in [0.29, 0.717) is 22.9 Å². The average molecular weight is 521 g/mol. The zero-order valence-corrected chi connectivity index (χ0v) is 20.0. The molecule has 5 nitrogen and oxygen atoms in total. The fourth-order valence-corrected chi connectivity index (χ4v) is 4.50. The molecule has 9 heteroatoms. The van der Waals surface area contributed by atoms with Gasteiger partial charge in [-0.1, -0.05) is 46.9 Å². The first-order chi connectivity index (χ1) is 16.2. The van der Waals surface area contributed by atoms with E-state index in [2.05, 4.69) is 0 Å². The first kappa shape index (κ1) is 24.1. The molecule has 1 fully saturated rings. The molecule has 0 bridgehead atoms. The molecule has 1 unspecified atom stereocenters. The van der Waals surface area contributed by atoms with Crippen LogP contribution in [0.25, 0.3) is 5.76 Å². The van der Waals surface area contributed by atoms with Gasteiger partial charge in [-0.25, -0.2) is 4.39 Å². The molecule has 3 aromatic rings. The number of amides is 1. The third kappa shape index (κ3) is 4.49. The van der Waals surface area contributed by atoms with Gasteiger partial charge in [0.15, 0.2) is 0 Å². The fraction of sp³-hybridized carbons (Fsp3) is 0.120. The van der Waals surface area contributed by atoms with Crippen LogP contribution in [0.1, 0.15) is 24.1 Å². The van der Waals surface area contributed by atoms with Gasteiger partial charge < -0.3 is 9.84 Å². The van der Waals surface area contributed by atoms with Gasteiger partial charge in [0.1, 0.15) is 17.3 Å². The first-order valence-electron chi connectivity index (χ1n) is 10.2. The van der Waals surface area contributed by atoms with E-state index in [-0.39, 0.29) is 26.9 Å². The van der Waals surface area contributed by atoms with Crippen LogP contribution in [0.2, 0.25) is 15.1 Å². The zero-order chi connectivity index (χ0) is 24.6. The minimum atomic E-state index is -1.07. The lowest BCUT2D eigenvalue weighted by Gasteiger charge is -2.26. The number of aliphatic hydroxyl groups is 1. The standard InChI is InChI=1S/C25H17Cl3FNO4/c1-2-34-20-9-14(5-8-19(20)28)23(31)21-22(13-3-6-17(29)7-4-13)30(25(33)24(21)32)18-11-15(26)10-16(27)12-18/h3-12,22,31H,2H2,1H3/b23-21+. The van der Waals surface area contributed by atoms with E-state index in [1.165, 1.54) is 65.6 Å². The Kier molecular flexibility index (Phi) is 6.84. The molecule has 1 atom stereocenters. The van der Waals surface area contributed by atoms with Gasteiger partial charge in [-0.05, 0) is 61.0 Å². The molecule has 1 N–H and O–H groups in total. The van der Waals surface area contributed by atoms with Crippen molar-refractivity contribution in [2.24, 2.45) is 0 Å². The minimum Gasteiger partial charge on any atom is -0.507 e. The topological polar surface area (TPSA) is 66.8 Å². The molecule has 174 valence electrons. The van der Waals surface area contributed by atoms with E-state index in [1.807, 2.05) is 0 Å². The molecule has 1 aliphatic heterocycles. The number of hydrogen-bond donors (Lipinski definition) is 1. The molecule has 0 radical (unpaired) electrons. The number of aliphatic hydroxyl groups excluding tert-OH is 1. The average Bonchev–Trinajstić information content (AvgIpc) is 3.05. The predicted molar refractivity (Wildman–Crippen MR) is 130 cm³/mol. The van der Waals surface area contributed by atoms with Crippen molar-refractivity contribution < 1.29 is 23.8 Å². The lowest BCUT2D eigenvalue weighted by molar-refractivity contribution is -0.132. The second-order valence-electron chi connectivity index (χ2n) is 7.43. The van der Waals surface area contributed by atoms with Gasteiger partial charge in [0, 0.05) is 21.3 Å². The molecule has 1 aliphatic rings. The fourth-order valence-electron chi connectivity index (χ4n) is 3.81. The molecule has 34 heavy (non-hydrogen) atoms. The Hall–Kier alpha value is -3.06. The predicted octanol–water partition coefficient (Wildman–Crippen LogP) is 6.81. The normalized spacial score (nSPS) is 17.3. The van der Waals surface area contributed by atoms with Crippen molar-refractivity contribution in [3.63, 3.8) is 0 Å². The number of carbonyl (C=O) groups excluding carboxylic acids is 2. The van der Waals surface area contributed by atoms with Crippen LogP contribution in [0, 0.1) is 5.82 Å². The molecule has 1 amide bonds. The molecule has 0 spiro atoms. The van der Waals surface area contributed by atoms with Gasteiger partial charge in [0.05, 0.1) is 23.2 Å². The van der Waals surface area contributed by atoms with Crippen molar-refractivity contribution in [3.8, 4) is 5.75 Å². The van der Waals surface area contributed by atoms with Crippen LogP contribution in [0.4, 0.5) is 10.1 Å². The maximum absolute atomic E-state index is 13.7. The van der Waals surface area contributed by atoms with Crippen molar-refractivity contribution in [1.29, 1.82) is 0 Å². The summed E-state index contributed by atoms with van der Waals surface area (Å²) >= 11 is 18.4. The van der Waals surface area contributed by atoms with Crippen molar-refractivity contribution in [3.05, 3.63) is 98.2 Å². The zero-order valence-electron chi connectivity index (χ0n) is 17.7. The SMILES string of the molecule is CCOc1cc(/C(O)=C2\C(=O)C(=O)N(c3cc(Cl)cc(Cl)c3)C2c2ccc(F)cc2)ccc1Cl. The molecule has 3 aromatic carbocycles. The maximum Gasteiger partial charge on any atom is 0.300 e. The Balaban J connectivity index is 1.95. The second kappa shape index (κ2) is 9.66. The summed E-state index contributed by atoms with van der Waals surface area (Å²) in [6.07, 6.45) is 0. The molecule has 0 aromatic heterocycles. The number of ether oxygens (including phenoxy) is 1. The third-order valence-electron chi connectivity index (χ3n) is 5.26. The van der Waals surface area contributed by atoms with Crippen LogP contribution >= 0.6 is 34.8 Å². The number of benzene rings is 3. The van der Waals surface area contributed by atoms with Crippen molar-refractivity contribution >= 4 is 57.9 Å². The summed E-state index contributed by atoms with van der Waals surface area (Å²) in [5.74, 6) is -2.43. The molecular weight excluding hydrogens is 504 g/mol. The van der Waals surface area contributed by atoms with Crippen LogP contribution in [-0.2, 0) is 9.59 Å². The van der Waals surface area contributed by atoms with E-state index >= 15 is 0 Å². The highest BCUT2D eigenvalue weighted by molar-refractivity contribution is 6.52. The number of carbonyl (C=O) groups is 2. The Bertz CT molecular complexity index is 1300. The van der Waals surface area contributed by atoms with Gasteiger partial charge in [0.2, 0.25) is 0 Å². The van der Waals surface area contributed by atoms with E-state index in [4.69, 9.17) is 39.5 Å². The van der Waals surface area contributed by atoms with Gasteiger partial charge in [-0.2, -0.15) is 0 Å². The number of nitrogens with zero attached hydrogens (tertiary/aromatic N) is 1. The summed E-state index contributed by atoms with van der Waals surface area (Å²) in [5, 5.41) is 12.0. The number of halogens is 4. The van der Waals surface area contributed by atoms with Crippen LogP contribution in [0.3, 0.4) is 0 Å². The molecule has 4 rings (SSSR count). The highest BCUT2D eigenvalue weighted by Crippen LogP contribution is 2.43. The maximum atomic E-state index is 13.7. The van der Waals surface area contributed by atoms with Crippen LogP contribution in [0.5, 0.6) is 5.75 Å². The van der Waals surface area contributed by atoms with Gasteiger partial charge in [-0.15, -0.1) is 0 Å². The van der Waals surface area contributed by atoms with Crippen LogP contribution in [-0.4, -0.2) is 23.4 Å². The highest BCUT2D eigenvalue weighted by atomic mass is 35.5. The van der Waals surface area contributed by atoms with Gasteiger partial charge in [0.25, 0.3) is 11.7 Å². The third-order valence-corrected chi connectivity index (χ3v) is 6.01. The summed E-state index contributed by atoms with van der Waals surface area (Å²) in [7, 11) is 0. The summed E-state index contributed by atoms with van der Waals surface area (Å²) in [4.78, 5) is 27.5. The quantitative estimate of drug-likeness (QED) is 0.228. The molecule has 1 heterocycles. The number of anilines is 1. The smallest absolute Gasteiger partial charge is 0.300 e. The van der Waals surface area contributed by atoms with Gasteiger partial charge >= 0.3 is 0 Å². The number of hydrogen-bond acceptors (Lipinski definition) is 4. The monoisotopic (exact) mass is 519 g/mol. The summed E-state index contributed by atoms with van der Waals surface area (Å²) in [5.41, 5.74) is 0.691. The lowest BCUT2D eigenvalue weighted by Crippen LogP contribution is -2.29. The van der Waals surface area contributed by atoms with E-state index < -0.39 is 29.3 Å². The Morgan fingerprint density at radius 1 is 1.00 bits per heavy atom. The summed E-state index contributed by atoms with van der Waals surface area (Å²) < 4.78 is 19.1. The van der Waals surface area contributed by atoms with E-state index in [9.17, 15) is 19.1 Å². The summed E-state index contributed by atoms with van der Waals surface area (Å²) in [6, 6.07) is 13.2. The van der Waals surface area contributed by atoms with Crippen molar-refractivity contribution in [2.45, 2.75) is 13.0 Å². The highest BCUT2D eigenvalue weighted by Gasteiger charge is 2.47. The number of ketones is 1. The molecule has 0 saturated carbocycles. The number of Topliss-reactive ketones (excluding diaryl/α,β-unsaturated/α-hetero) is 1. The molecular formula is C25H17Cl3FNO4. The van der Waals surface area contributed by atoms with E-state index in [1.54, 1.807) is 6.92 Å². The van der Waals surface area contributed by atoms with Gasteiger partial charge in [-0.3, -0.25) is 14.5 Å². The Morgan fingerprint density at radius 3 is 2.26 bits per heavy atom. The minimum absolute atomic E-state index is 0.183. The molecule has 0 aliphatic carbocycles. The van der Waals surface area contributed by atoms with Crippen molar-refractivity contribution in [2.75, 3.05) is 11.5 Å². The Morgan fingerprint density at radius 2 is 1.65 bits per heavy atom. The number of rotatable bonds is 5. The summed E-state index contributed by atoms with van der Waals surface area (Å²) in [6.45, 7) is 2.11.